The third kappa shape index (κ3) is 3.50. The van der Waals surface area contributed by atoms with Crippen molar-refractivity contribution in [1.82, 2.24) is 4.90 Å². The molecule has 0 radical (unpaired) electrons. The molecule has 1 saturated heterocycles. The third-order valence-electron chi connectivity index (χ3n) is 4.55. The van der Waals surface area contributed by atoms with E-state index in [2.05, 4.69) is 0 Å². The molecule has 1 aromatic heterocycles. The molecule has 0 spiro atoms. The Morgan fingerprint density at radius 1 is 1.36 bits per heavy atom. The highest BCUT2D eigenvalue weighted by atomic mass is 35.5. The largest absolute Gasteiger partial charge is 0.482 e. The Morgan fingerprint density at radius 3 is 2.84 bits per heavy atom. The van der Waals surface area contributed by atoms with Gasteiger partial charge in [0, 0.05) is 23.6 Å². The number of halogens is 1. The summed E-state index contributed by atoms with van der Waals surface area (Å²) in [5.74, 6) is 0.184. The summed E-state index contributed by atoms with van der Waals surface area (Å²) < 4.78 is 16.2. The number of hydrogen-bond acceptors (Lipinski definition) is 5. The molecule has 1 fully saturated rings. The molecule has 3 rings (SSSR count). The smallest absolute Gasteiger partial charge is 0.339 e. The number of nitrogens with zero attached hydrogens (tertiary/aromatic N) is 1. The molecule has 1 aliphatic rings. The molecule has 0 bridgehead atoms. The van der Waals surface area contributed by atoms with E-state index in [4.69, 9.17) is 25.5 Å². The highest BCUT2D eigenvalue weighted by Gasteiger charge is 2.24. The Bertz CT molecular complexity index is 876. The summed E-state index contributed by atoms with van der Waals surface area (Å²) >= 11 is 6.28. The van der Waals surface area contributed by atoms with Gasteiger partial charge in [0.25, 0.3) is 5.91 Å². The van der Waals surface area contributed by atoms with Gasteiger partial charge < -0.3 is 18.8 Å². The van der Waals surface area contributed by atoms with Crippen molar-refractivity contribution in [2.45, 2.75) is 26.8 Å². The minimum atomic E-state index is -0.392. The molecule has 1 amide bonds. The molecule has 1 aromatic carbocycles. The van der Waals surface area contributed by atoms with E-state index in [0.717, 1.165) is 10.9 Å². The topological polar surface area (TPSA) is 69.0 Å². The van der Waals surface area contributed by atoms with E-state index in [-0.39, 0.29) is 18.6 Å². The summed E-state index contributed by atoms with van der Waals surface area (Å²) in [5, 5.41) is 1.12. The fourth-order valence-electron chi connectivity index (χ4n) is 2.87. The van der Waals surface area contributed by atoms with Crippen molar-refractivity contribution in [3.63, 3.8) is 0 Å². The van der Waals surface area contributed by atoms with E-state index in [1.807, 2.05) is 13.8 Å². The maximum absolute atomic E-state index is 12.3. The minimum absolute atomic E-state index is 0.0144. The number of carbonyl (C=O) groups is 1. The van der Waals surface area contributed by atoms with Crippen molar-refractivity contribution >= 4 is 28.5 Å². The zero-order valence-corrected chi connectivity index (χ0v) is 15.2. The summed E-state index contributed by atoms with van der Waals surface area (Å²) in [4.78, 5) is 25.9. The van der Waals surface area contributed by atoms with Crippen LogP contribution in [0.25, 0.3) is 11.0 Å². The number of ether oxygens (including phenoxy) is 2. The van der Waals surface area contributed by atoms with E-state index in [1.54, 1.807) is 24.0 Å². The molecule has 1 aliphatic heterocycles. The third-order valence-corrected chi connectivity index (χ3v) is 4.84. The Balaban J connectivity index is 1.82. The molecule has 2 aromatic rings. The van der Waals surface area contributed by atoms with Gasteiger partial charge in [-0.3, -0.25) is 4.79 Å². The van der Waals surface area contributed by atoms with Crippen molar-refractivity contribution in [2.75, 3.05) is 26.4 Å². The second kappa shape index (κ2) is 7.06. The van der Waals surface area contributed by atoms with Gasteiger partial charge in [-0.1, -0.05) is 11.6 Å². The zero-order chi connectivity index (χ0) is 18.1. The van der Waals surface area contributed by atoms with Crippen molar-refractivity contribution < 1.29 is 18.7 Å². The quantitative estimate of drug-likeness (QED) is 0.782. The van der Waals surface area contributed by atoms with E-state index >= 15 is 0 Å². The lowest BCUT2D eigenvalue weighted by Crippen LogP contribution is -2.48. The van der Waals surface area contributed by atoms with Gasteiger partial charge in [-0.2, -0.15) is 0 Å². The van der Waals surface area contributed by atoms with Gasteiger partial charge in [-0.05, 0) is 32.4 Å². The average Bonchev–Trinajstić information content (AvgIpc) is 2.59. The molecule has 0 saturated carbocycles. The summed E-state index contributed by atoms with van der Waals surface area (Å²) in [6.45, 7) is 6.94. The number of benzene rings is 1. The second-order valence-corrected chi connectivity index (χ2v) is 6.63. The van der Waals surface area contributed by atoms with Gasteiger partial charge in [0.15, 0.2) is 6.61 Å². The van der Waals surface area contributed by atoms with Crippen molar-refractivity contribution in [2.24, 2.45) is 0 Å². The Hall–Kier alpha value is -2.05. The first-order valence-corrected chi connectivity index (χ1v) is 8.50. The predicted octanol–water partition coefficient (Wildman–Crippen LogP) is 2.69. The molecule has 0 aliphatic carbocycles. The number of fused-ring (bicyclic) bond motifs is 1. The SMILES string of the molecule is Cc1c(C)c2cc(Cl)c(OCC(=O)N3CCOC[C@H]3C)cc2oc1=O. The first-order valence-electron chi connectivity index (χ1n) is 8.12. The van der Waals surface area contributed by atoms with Crippen LogP contribution in [0.15, 0.2) is 21.3 Å². The van der Waals surface area contributed by atoms with E-state index in [0.29, 0.717) is 41.7 Å². The van der Waals surface area contributed by atoms with Gasteiger partial charge in [0.05, 0.1) is 24.3 Å². The molecule has 0 N–H and O–H groups in total. The second-order valence-electron chi connectivity index (χ2n) is 6.22. The Morgan fingerprint density at radius 2 is 2.12 bits per heavy atom. The number of rotatable bonds is 3. The fourth-order valence-corrected chi connectivity index (χ4v) is 3.09. The first-order chi connectivity index (χ1) is 11.9. The Labute approximate surface area is 150 Å². The van der Waals surface area contributed by atoms with Crippen LogP contribution in [0, 0.1) is 13.8 Å². The number of aryl methyl sites for hydroxylation is 1. The fraction of sp³-hybridized carbons (Fsp3) is 0.444. The van der Waals surface area contributed by atoms with Gasteiger partial charge >= 0.3 is 5.63 Å². The van der Waals surface area contributed by atoms with Crippen LogP contribution in [0.3, 0.4) is 0 Å². The van der Waals surface area contributed by atoms with Crippen LogP contribution in [0.5, 0.6) is 5.75 Å². The number of morpholine rings is 1. The van der Waals surface area contributed by atoms with E-state index in [1.165, 1.54) is 0 Å². The maximum Gasteiger partial charge on any atom is 0.339 e. The maximum atomic E-state index is 12.3. The molecular formula is C18H20ClNO5. The van der Waals surface area contributed by atoms with E-state index < -0.39 is 5.63 Å². The standard InChI is InChI=1S/C18H20ClNO5/c1-10-8-23-5-4-20(10)17(21)9-24-16-7-15-13(6-14(16)19)11(2)12(3)18(22)25-15/h6-7,10H,4-5,8-9H2,1-3H3/t10-/m1/s1. The lowest BCUT2D eigenvalue weighted by Gasteiger charge is -2.33. The number of hydrogen-bond donors (Lipinski definition) is 0. The lowest BCUT2D eigenvalue weighted by atomic mass is 10.1. The van der Waals surface area contributed by atoms with Crippen molar-refractivity contribution in [3.05, 3.63) is 38.7 Å². The van der Waals surface area contributed by atoms with Crippen LogP contribution in [0.1, 0.15) is 18.1 Å². The average molecular weight is 366 g/mol. The molecule has 25 heavy (non-hydrogen) atoms. The molecule has 134 valence electrons. The number of amides is 1. The van der Waals surface area contributed by atoms with Gasteiger partial charge in [0.1, 0.15) is 11.3 Å². The van der Waals surface area contributed by atoms with Crippen LogP contribution in [-0.2, 0) is 9.53 Å². The molecule has 7 heteroatoms. The highest BCUT2D eigenvalue weighted by Crippen LogP contribution is 2.31. The van der Waals surface area contributed by atoms with Gasteiger partial charge in [-0.15, -0.1) is 0 Å². The van der Waals surface area contributed by atoms with Crippen LogP contribution in [-0.4, -0.2) is 43.2 Å². The monoisotopic (exact) mass is 365 g/mol. The zero-order valence-electron chi connectivity index (χ0n) is 14.4. The first kappa shape index (κ1) is 17.8. The summed E-state index contributed by atoms with van der Waals surface area (Å²) in [6, 6.07) is 3.27. The van der Waals surface area contributed by atoms with Gasteiger partial charge in [0.2, 0.25) is 0 Å². The molecule has 1 atom stereocenters. The Kier molecular flexibility index (Phi) is 5.01. The summed E-state index contributed by atoms with van der Waals surface area (Å²) in [6.07, 6.45) is 0. The summed E-state index contributed by atoms with van der Waals surface area (Å²) in [5.41, 5.74) is 1.36. The molecule has 6 nitrogen and oxygen atoms in total. The minimum Gasteiger partial charge on any atom is -0.482 e. The lowest BCUT2D eigenvalue weighted by molar-refractivity contribution is -0.141. The van der Waals surface area contributed by atoms with Gasteiger partial charge in [-0.25, -0.2) is 4.79 Å². The van der Waals surface area contributed by atoms with Crippen LogP contribution >= 0.6 is 11.6 Å². The van der Waals surface area contributed by atoms with Crippen LogP contribution in [0.2, 0.25) is 5.02 Å². The van der Waals surface area contributed by atoms with Crippen LogP contribution in [0.4, 0.5) is 0 Å². The van der Waals surface area contributed by atoms with Crippen LogP contribution < -0.4 is 10.4 Å². The normalized spacial score (nSPS) is 17.8. The summed E-state index contributed by atoms with van der Waals surface area (Å²) in [7, 11) is 0. The molecule has 2 heterocycles. The van der Waals surface area contributed by atoms with Crippen molar-refractivity contribution in [1.29, 1.82) is 0 Å². The highest BCUT2D eigenvalue weighted by molar-refractivity contribution is 6.32. The molecular weight excluding hydrogens is 346 g/mol. The molecule has 0 unspecified atom stereocenters. The number of carbonyl (C=O) groups excluding carboxylic acids is 1. The predicted molar refractivity (Wildman–Crippen MR) is 94.5 cm³/mol. The van der Waals surface area contributed by atoms with Crippen molar-refractivity contribution in [3.8, 4) is 5.75 Å². The van der Waals surface area contributed by atoms with E-state index in [9.17, 15) is 9.59 Å².